The van der Waals surface area contributed by atoms with Crippen LogP contribution in [-0.4, -0.2) is 19.1 Å². The van der Waals surface area contributed by atoms with Crippen LogP contribution < -0.4 is 11.2 Å². The molecule has 0 heterocycles. The molecule has 0 saturated heterocycles. The maximum absolute atomic E-state index is 10.5. The van der Waals surface area contributed by atoms with Crippen LogP contribution in [0.15, 0.2) is 0 Å². The number of amides is 1. The third-order valence-electron chi connectivity index (χ3n) is 1.39. The standard InChI is InChI=1S/C6H12N2O2/c7-3-6(9)8-10-4-5-1-2-5/h5H,1-4,7H2,(H,8,9). The van der Waals surface area contributed by atoms with Gasteiger partial charge in [0.25, 0.3) is 5.91 Å². The van der Waals surface area contributed by atoms with Gasteiger partial charge in [-0.25, -0.2) is 5.48 Å². The molecular formula is C6H12N2O2. The smallest absolute Gasteiger partial charge is 0.257 e. The highest BCUT2D eigenvalue weighted by Gasteiger charge is 2.21. The molecule has 3 N–H and O–H groups in total. The fourth-order valence-corrected chi connectivity index (χ4v) is 0.566. The Kier molecular flexibility index (Phi) is 2.65. The second-order valence-electron chi connectivity index (χ2n) is 2.48. The average Bonchev–Trinajstić information content (AvgIpc) is 2.71. The topological polar surface area (TPSA) is 64.4 Å². The van der Waals surface area contributed by atoms with E-state index in [2.05, 4.69) is 5.48 Å². The Bertz CT molecular complexity index is 123. The molecule has 1 amide bonds. The molecule has 0 bridgehead atoms. The number of hydrogen-bond acceptors (Lipinski definition) is 3. The SMILES string of the molecule is NCC(=O)NOCC1CC1. The molecule has 0 aliphatic heterocycles. The molecular weight excluding hydrogens is 132 g/mol. The van der Waals surface area contributed by atoms with Crippen molar-refractivity contribution in [3.05, 3.63) is 0 Å². The Labute approximate surface area is 59.7 Å². The first-order chi connectivity index (χ1) is 4.83. The lowest BCUT2D eigenvalue weighted by atomic mass is 10.5. The second kappa shape index (κ2) is 3.53. The maximum Gasteiger partial charge on any atom is 0.257 e. The van der Waals surface area contributed by atoms with Crippen molar-refractivity contribution in [1.82, 2.24) is 5.48 Å². The molecule has 0 aromatic carbocycles. The average molecular weight is 144 g/mol. The van der Waals surface area contributed by atoms with Crippen LogP contribution in [0.5, 0.6) is 0 Å². The van der Waals surface area contributed by atoms with Gasteiger partial charge in [0.05, 0.1) is 13.2 Å². The minimum atomic E-state index is -0.263. The van der Waals surface area contributed by atoms with E-state index in [0.717, 1.165) is 0 Å². The number of hydroxylamine groups is 1. The molecule has 0 radical (unpaired) electrons. The quantitative estimate of drug-likeness (QED) is 0.518. The van der Waals surface area contributed by atoms with E-state index in [1.807, 2.05) is 0 Å². The van der Waals surface area contributed by atoms with Gasteiger partial charge in [0.1, 0.15) is 0 Å². The molecule has 58 valence electrons. The van der Waals surface area contributed by atoms with Crippen molar-refractivity contribution in [1.29, 1.82) is 0 Å². The molecule has 10 heavy (non-hydrogen) atoms. The van der Waals surface area contributed by atoms with E-state index in [1.54, 1.807) is 0 Å². The molecule has 1 aliphatic carbocycles. The zero-order chi connectivity index (χ0) is 7.40. The fourth-order valence-electron chi connectivity index (χ4n) is 0.566. The normalized spacial score (nSPS) is 16.9. The van der Waals surface area contributed by atoms with Gasteiger partial charge in [0.2, 0.25) is 0 Å². The molecule has 0 aromatic heterocycles. The van der Waals surface area contributed by atoms with Crippen molar-refractivity contribution in [3.8, 4) is 0 Å². The predicted molar refractivity (Wildman–Crippen MR) is 35.9 cm³/mol. The molecule has 4 heteroatoms. The minimum Gasteiger partial charge on any atom is -0.322 e. The summed E-state index contributed by atoms with van der Waals surface area (Å²) >= 11 is 0. The summed E-state index contributed by atoms with van der Waals surface area (Å²) < 4.78 is 0. The highest BCUT2D eigenvalue weighted by atomic mass is 16.7. The lowest BCUT2D eigenvalue weighted by Gasteiger charge is -2.01. The largest absolute Gasteiger partial charge is 0.322 e. The molecule has 4 nitrogen and oxygen atoms in total. The zero-order valence-electron chi connectivity index (χ0n) is 5.80. The Morgan fingerprint density at radius 3 is 2.90 bits per heavy atom. The number of hydrogen-bond donors (Lipinski definition) is 2. The van der Waals surface area contributed by atoms with E-state index in [1.165, 1.54) is 12.8 Å². The van der Waals surface area contributed by atoms with Crippen LogP contribution >= 0.6 is 0 Å². The van der Waals surface area contributed by atoms with Gasteiger partial charge < -0.3 is 5.73 Å². The fraction of sp³-hybridized carbons (Fsp3) is 0.833. The molecule has 1 fully saturated rings. The van der Waals surface area contributed by atoms with Gasteiger partial charge in [0, 0.05) is 0 Å². The summed E-state index contributed by atoms with van der Waals surface area (Å²) in [7, 11) is 0. The number of nitrogens with one attached hydrogen (secondary N) is 1. The van der Waals surface area contributed by atoms with Crippen LogP contribution in [0.4, 0.5) is 0 Å². The van der Waals surface area contributed by atoms with Crippen LogP contribution in [-0.2, 0) is 9.63 Å². The van der Waals surface area contributed by atoms with Gasteiger partial charge in [-0.05, 0) is 18.8 Å². The highest BCUT2D eigenvalue weighted by molar-refractivity contribution is 5.76. The summed E-state index contributed by atoms with van der Waals surface area (Å²) in [6.45, 7) is 0.621. The third-order valence-corrected chi connectivity index (χ3v) is 1.39. The van der Waals surface area contributed by atoms with Crippen molar-refractivity contribution in [2.45, 2.75) is 12.8 Å². The van der Waals surface area contributed by atoms with Crippen molar-refractivity contribution in [2.75, 3.05) is 13.2 Å². The van der Waals surface area contributed by atoms with Crippen molar-refractivity contribution in [2.24, 2.45) is 11.7 Å². The van der Waals surface area contributed by atoms with E-state index in [9.17, 15) is 4.79 Å². The summed E-state index contributed by atoms with van der Waals surface area (Å²) in [5.74, 6) is 0.402. The summed E-state index contributed by atoms with van der Waals surface area (Å²) in [5, 5.41) is 0. The Morgan fingerprint density at radius 2 is 2.40 bits per heavy atom. The van der Waals surface area contributed by atoms with Crippen LogP contribution in [0.2, 0.25) is 0 Å². The first-order valence-corrected chi connectivity index (χ1v) is 3.43. The number of carbonyl (C=O) groups excluding carboxylic acids is 1. The van der Waals surface area contributed by atoms with Gasteiger partial charge in [0.15, 0.2) is 0 Å². The van der Waals surface area contributed by atoms with Gasteiger partial charge >= 0.3 is 0 Å². The lowest BCUT2D eigenvalue weighted by Crippen LogP contribution is -2.30. The third kappa shape index (κ3) is 2.80. The van der Waals surface area contributed by atoms with Gasteiger partial charge in [-0.1, -0.05) is 0 Å². The highest BCUT2D eigenvalue weighted by Crippen LogP contribution is 2.28. The van der Waals surface area contributed by atoms with Crippen LogP contribution in [0, 0.1) is 5.92 Å². The lowest BCUT2D eigenvalue weighted by molar-refractivity contribution is -0.132. The van der Waals surface area contributed by atoms with E-state index < -0.39 is 0 Å². The monoisotopic (exact) mass is 144 g/mol. The minimum absolute atomic E-state index is 0.00926. The molecule has 0 aromatic rings. The first-order valence-electron chi connectivity index (χ1n) is 3.43. The second-order valence-corrected chi connectivity index (χ2v) is 2.48. The van der Waals surface area contributed by atoms with E-state index >= 15 is 0 Å². The summed E-state index contributed by atoms with van der Waals surface area (Å²) in [6.07, 6.45) is 2.44. The van der Waals surface area contributed by atoms with E-state index in [4.69, 9.17) is 10.6 Å². The van der Waals surface area contributed by atoms with Crippen LogP contribution in [0.1, 0.15) is 12.8 Å². The number of carbonyl (C=O) groups is 1. The number of nitrogens with two attached hydrogens (primary N) is 1. The Hall–Kier alpha value is -0.610. The molecule has 0 spiro atoms. The van der Waals surface area contributed by atoms with Crippen molar-refractivity contribution < 1.29 is 9.63 Å². The molecule has 1 aliphatic rings. The van der Waals surface area contributed by atoms with Gasteiger partial charge in [-0.3, -0.25) is 9.63 Å². The predicted octanol–water partition coefficient (Wildman–Crippen LogP) is -0.597. The van der Waals surface area contributed by atoms with Gasteiger partial charge in [-0.2, -0.15) is 0 Å². The first kappa shape index (κ1) is 7.50. The maximum atomic E-state index is 10.5. The molecule has 1 saturated carbocycles. The summed E-state index contributed by atoms with van der Waals surface area (Å²) in [5.41, 5.74) is 7.25. The number of rotatable bonds is 4. The van der Waals surface area contributed by atoms with E-state index in [0.29, 0.717) is 12.5 Å². The van der Waals surface area contributed by atoms with Gasteiger partial charge in [-0.15, -0.1) is 0 Å². The zero-order valence-corrected chi connectivity index (χ0v) is 5.80. The Morgan fingerprint density at radius 1 is 1.70 bits per heavy atom. The molecule has 0 atom stereocenters. The van der Waals surface area contributed by atoms with E-state index in [-0.39, 0.29) is 12.5 Å². The molecule has 1 rings (SSSR count). The summed E-state index contributed by atoms with van der Waals surface area (Å²) in [6, 6.07) is 0. The Balaban J connectivity index is 1.88. The van der Waals surface area contributed by atoms with Crippen LogP contribution in [0.25, 0.3) is 0 Å². The van der Waals surface area contributed by atoms with Crippen LogP contribution in [0.3, 0.4) is 0 Å². The van der Waals surface area contributed by atoms with Crippen molar-refractivity contribution >= 4 is 5.91 Å². The molecule has 0 unspecified atom stereocenters. The summed E-state index contributed by atoms with van der Waals surface area (Å²) in [4.78, 5) is 15.3. The van der Waals surface area contributed by atoms with Crippen molar-refractivity contribution in [3.63, 3.8) is 0 Å².